The Labute approximate surface area is 85.7 Å². The summed E-state index contributed by atoms with van der Waals surface area (Å²) >= 11 is 3.53. The molecule has 0 amide bonds. The lowest BCUT2D eigenvalue weighted by Gasteiger charge is -2.05. The lowest BCUT2D eigenvalue weighted by Crippen LogP contribution is -1.87. The maximum atomic E-state index is 5.76. The molecule has 0 bridgehead atoms. The monoisotopic (exact) mass is 235 g/mol. The number of halogens is 1. The topological polar surface area (TPSA) is 26.0 Å². The quantitative estimate of drug-likeness (QED) is 0.696. The van der Waals surface area contributed by atoms with E-state index >= 15 is 0 Å². The van der Waals surface area contributed by atoms with Crippen molar-refractivity contribution in [2.24, 2.45) is 0 Å². The van der Waals surface area contributed by atoms with Gasteiger partial charge in [-0.3, -0.25) is 0 Å². The SMILES string of the molecule is Cc1cc(N)cc2cccc(Br)c12. The predicted molar refractivity (Wildman–Crippen MR) is 60.8 cm³/mol. The molecule has 66 valence electrons. The number of rotatable bonds is 0. The Hall–Kier alpha value is -1.02. The van der Waals surface area contributed by atoms with Crippen molar-refractivity contribution < 1.29 is 0 Å². The highest BCUT2D eigenvalue weighted by Crippen LogP contribution is 2.28. The van der Waals surface area contributed by atoms with Gasteiger partial charge in [-0.25, -0.2) is 0 Å². The van der Waals surface area contributed by atoms with Crippen molar-refractivity contribution in [3.63, 3.8) is 0 Å². The van der Waals surface area contributed by atoms with E-state index in [1.807, 2.05) is 24.3 Å². The van der Waals surface area contributed by atoms with E-state index in [0.717, 1.165) is 10.2 Å². The summed E-state index contributed by atoms with van der Waals surface area (Å²) in [6.45, 7) is 2.07. The van der Waals surface area contributed by atoms with Crippen LogP contribution in [0.3, 0.4) is 0 Å². The Balaban J connectivity index is 2.94. The minimum Gasteiger partial charge on any atom is -0.399 e. The third kappa shape index (κ3) is 1.42. The smallest absolute Gasteiger partial charge is 0.0323 e. The first-order valence-electron chi connectivity index (χ1n) is 4.13. The lowest BCUT2D eigenvalue weighted by molar-refractivity contribution is 1.52. The van der Waals surface area contributed by atoms with Crippen LogP contribution in [0.1, 0.15) is 5.56 Å². The van der Waals surface area contributed by atoms with Crippen LogP contribution in [0.4, 0.5) is 5.69 Å². The molecule has 0 spiro atoms. The van der Waals surface area contributed by atoms with E-state index in [9.17, 15) is 0 Å². The molecule has 0 aliphatic rings. The Morgan fingerprint density at radius 2 is 2.00 bits per heavy atom. The van der Waals surface area contributed by atoms with E-state index in [2.05, 4.69) is 28.9 Å². The molecule has 2 aromatic carbocycles. The second kappa shape index (κ2) is 3.04. The summed E-state index contributed by atoms with van der Waals surface area (Å²) in [4.78, 5) is 0. The molecule has 2 heteroatoms. The highest BCUT2D eigenvalue weighted by molar-refractivity contribution is 9.10. The Morgan fingerprint density at radius 3 is 2.77 bits per heavy atom. The van der Waals surface area contributed by atoms with E-state index in [0.29, 0.717) is 0 Å². The molecule has 2 rings (SSSR count). The third-order valence-electron chi connectivity index (χ3n) is 2.15. The molecular formula is C11H10BrN. The fourth-order valence-electron chi connectivity index (χ4n) is 1.62. The summed E-state index contributed by atoms with van der Waals surface area (Å²) < 4.78 is 1.13. The fourth-order valence-corrected chi connectivity index (χ4v) is 2.31. The number of benzene rings is 2. The molecule has 0 aliphatic carbocycles. The molecule has 0 heterocycles. The molecule has 0 radical (unpaired) electrons. The molecular weight excluding hydrogens is 226 g/mol. The lowest BCUT2D eigenvalue weighted by atomic mass is 10.0. The van der Waals surface area contributed by atoms with Crippen molar-refractivity contribution in [2.75, 3.05) is 5.73 Å². The summed E-state index contributed by atoms with van der Waals surface area (Å²) in [6.07, 6.45) is 0. The fraction of sp³-hybridized carbons (Fsp3) is 0.0909. The summed E-state index contributed by atoms with van der Waals surface area (Å²) in [5, 5.41) is 2.43. The predicted octanol–water partition coefficient (Wildman–Crippen LogP) is 3.49. The Morgan fingerprint density at radius 1 is 1.23 bits per heavy atom. The molecule has 1 nitrogen and oxygen atoms in total. The van der Waals surface area contributed by atoms with Crippen LogP contribution in [0.2, 0.25) is 0 Å². The van der Waals surface area contributed by atoms with Crippen molar-refractivity contribution in [2.45, 2.75) is 6.92 Å². The maximum Gasteiger partial charge on any atom is 0.0323 e. The van der Waals surface area contributed by atoms with Gasteiger partial charge < -0.3 is 5.73 Å². The van der Waals surface area contributed by atoms with Gasteiger partial charge in [-0.1, -0.05) is 28.1 Å². The van der Waals surface area contributed by atoms with Crippen LogP contribution in [0.5, 0.6) is 0 Å². The first-order chi connectivity index (χ1) is 6.18. The molecule has 2 aromatic rings. The van der Waals surface area contributed by atoms with Crippen LogP contribution in [-0.4, -0.2) is 0 Å². The van der Waals surface area contributed by atoms with Gasteiger partial charge in [0, 0.05) is 10.2 Å². The average molecular weight is 236 g/mol. The number of aryl methyl sites for hydroxylation is 1. The van der Waals surface area contributed by atoms with E-state index in [1.165, 1.54) is 16.3 Å². The van der Waals surface area contributed by atoms with Gasteiger partial charge in [0.25, 0.3) is 0 Å². The van der Waals surface area contributed by atoms with Gasteiger partial charge in [0.05, 0.1) is 0 Å². The molecule has 0 atom stereocenters. The van der Waals surface area contributed by atoms with Crippen LogP contribution in [0.25, 0.3) is 10.8 Å². The van der Waals surface area contributed by atoms with E-state index in [-0.39, 0.29) is 0 Å². The van der Waals surface area contributed by atoms with Crippen LogP contribution < -0.4 is 5.73 Å². The summed E-state index contributed by atoms with van der Waals surface area (Å²) in [5.41, 5.74) is 7.79. The highest BCUT2D eigenvalue weighted by Gasteiger charge is 2.01. The molecule has 0 unspecified atom stereocenters. The van der Waals surface area contributed by atoms with Crippen molar-refractivity contribution in [1.82, 2.24) is 0 Å². The third-order valence-corrected chi connectivity index (χ3v) is 2.81. The minimum atomic E-state index is 0.822. The zero-order chi connectivity index (χ0) is 9.42. The van der Waals surface area contributed by atoms with Crippen LogP contribution >= 0.6 is 15.9 Å². The standard InChI is InChI=1S/C11H10BrN/c1-7-5-9(13)6-8-3-2-4-10(12)11(7)8/h2-6H,13H2,1H3. The van der Waals surface area contributed by atoms with Gasteiger partial charge >= 0.3 is 0 Å². The molecule has 0 saturated heterocycles. The number of hydrogen-bond acceptors (Lipinski definition) is 1. The normalized spacial score (nSPS) is 10.6. The largest absolute Gasteiger partial charge is 0.399 e. The number of hydrogen-bond donors (Lipinski definition) is 1. The molecule has 2 N–H and O–H groups in total. The van der Waals surface area contributed by atoms with Crippen molar-refractivity contribution in [3.05, 3.63) is 40.4 Å². The minimum absolute atomic E-state index is 0.822. The van der Waals surface area contributed by atoms with Crippen LogP contribution in [0, 0.1) is 6.92 Å². The van der Waals surface area contributed by atoms with E-state index < -0.39 is 0 Å². The number of nitrogens with two attached hydrogens (primary N) is 1. The van der Waals surface area contributed by atoms with Crippen molar-refractivity contribution >= 4 is 32.4 Å². The summed E-state index contributed by atoms with van der Waals surface area (Å²) in [5.74, 6) is 0. The van der Waals surface area contributed by atoms with Gasteiger partial charge in [-0.15, -0.1) is 0 Å². The second-order valence-corrected chi connectivity index (χ2v) is 4.03. The first-order valence-corrected chi connectivity index (χ1v) is 4.92. The zero-order valence-corrected chi connectivity index (χ0v) is 8.93. The summed E-state index contributed by atoms with van der Waals surface area (Å²) in [6, 6.07) is 10.1. The van der Waals surface area contributed by atoms with Gasteiger partial charge in [-0.2, -0.15) is 0 Å². The number of anilines is 1. The van der Waals surface area contributed by atoms with Crippen molar-refractivity contribution in [3.8, 4) is 0 Å². The number of nitrogen functional groups attached to an aromatic ring is 1. The summed E-state index contributed by atoms with van der Waals surface area (Å²) in [7, 11) is 0. The van der Waals surface area contributed by atoms with Crippen LogP contribution in [0.15, 0.2) is 34.8 Å². The van der Waals surface area contributed by atoms with Gasteiger partial charge in [0.15, 0.2) is 0 Å². The van der Waals surface area contributed by atoms with Gasteiger partial charge in [0.2, 0.25) is 0 Å². The second-order valence-electron chi connectivity index (χ2n) is 3.18. The first kappa shape index (κ1) is 8.57. The Bertz CT molecular complexity index is 463. The van der Waals surface area contributed by atoms with E-state index in [1.54, 1.807) is 0 Å². The number of fused-ring (bicyclic) bond motifs is 1. The zero-order valence-electron chi connectivity index (χ0n) is 7.34. The molecule has 0 saturated carbocycles. The Kier molecular flexibility index (Phi) is 2.00. The van der Waals surface area contributed by atoms with Crippen LogP contribution in [-0.2, 0) is 0 Å². The van der Waals surface area contributed by atoms with Gasteiger partial charge in [-0.05, 0) is 41.5 Å². The molecule has 0 aromatic heterocycles. The van der Waals surface area contributed by atoms with Crippen molar-refractivity contribution in [1.29, 1.82) is 0 Å². The van der Waals surface area contributed by atoms with E-state index in [4.69, 9.17) is 5.73 Å². The molecule has 0 aliphatic heterocycles. The van der Waals surface area contributed by atoms with Gasteiger partial charge in [0.1, 0.15) is 0 Å². The average Bonchev–Trinajstić information content (AvgIpc) is 2.02. The molecule has 0 fully saturated rings. The highest BCUT2D eigenvalue weighted by atomic mass is 79.9. The maximum absolute atomic E-state index is 5.76. The molecule has 13 heavy (non-hydrogen) atoms.